The molecule has 0 bridgehead atoms. The van der Waals surface area contributed by atoms with Gasteiger partial charge in [0.25, 0.3) is 0 Å². The summed E-state index contributed by atoms with van der Waals surface area (Å²) in [6.07, 6.45) is 4.07. The van der Waals surface area contributed by atoms with Gasteiger partial charge in [0.15, 0.2) is 0 Å². The van der Waals surface area contributed by atoms with Crippen molar-refractivity contribution < 1.29 is 0 Å². The number of para-hydroxylation sites is 1. The zero-order valence-corrected chi connectivity index (χ0v) is 11.3. The predicted octanol–water partition coefficient (Wildman–Crippen LogP) is 2.32. The molecule has 0 radical (unpaired) electrons. The standard InChI is InChI=1S/C15H20N4/c1-19-8-6-11(7-9-19)18-15-12-4-2-3-5-14(12)17-10-13(15)16/h2-5,10-11H,6-9,16H2,1H3,(H,17,18). The molecular weight excluding hydrogens is 236 g/mol. The minimum Gasteiger partial charge on any atom is -0.396 e. The number of anilines is 2. The maximum absolute atomic E-state index is 6.10. The van der Waals surface area contributed by atoms with Crippen molar-refractivity contribution in [3.8, 4) is 0 Å². The second-order valence-electron chi connectivity index (χ2n) is 5.33. The van der Waals surface area contributed by atoms with Crippen LogP contribution in [0.2, 0.25) is 0 Å². The highest BCUT2D eigenvalue weighted by Crippen LogP contribution is 2.29. The molecule has 1 aromatic carbocycles. The van der Waals surface area contributed by atoms with Gasteiger partial charge >= 0.3 is 0 Å². The van der Waals surface area contributed by atoms with Crippen molar-refractivity contribution in [1.82, 2.24) is 9.88 Å². The van der Waals surface area contributed by atoms with E-state index in [0.717, 1.165) is 48.2 Å². The SMILES string of the molecule is CN1CCC(Nc2c(N)cnc3ccccc23)CC1. The molecule has 0 spiro atoms. The topological polar surface area (TPSA) is 54.2 Å². The number of likely N-dealkylation sites (tertiary alicyclic amines) is 1. The summed E-state index contributed by atoms with van der Waals surface area (Å²) in [4.78, 5) is 6.74. The Hall–Kier alpha value is -1.81. The van der Waals surface area contributed by atoms with E-state index in [9.17, 15) is 0 Å². The van der Waals surface area contributed by atoms with Crippen molar-refractivity contribution in [2.45, 2.75) is 18.9 Å². The van der Waals surface area contributed by atoms with Crippen LogP contribution in [0, 0.1) is 0 Å². The first kappa shape index (κ1) is 12.2. The molecule has 1 fully saturated rings. The molecule has 0 saturated carbocycles. The molecule has 1 saturated heterocycles. The lowest BCUT2D eigenvalue weighted by Crippen LogP contribution is -2.36. The van der Waals surface area contributed by atoms with Gasteiger partial charge in [0.05, 0.1) is 23.1 Å². The van der Waals surface area contributed by atoms with Gasteiger partial charge in [-0.05, 0) is 39.0 Å². The second-order valence-corrected chi connectivity index (χ2v) is 5.33. The fourth-order valence-corrected chi connectivity index (χ4v) is 2.67. The first-order chi connectivity index (χ1) is 9.24. The van der Waals surface area contributed by atoms with E-state index in [2.05, 4.69) is 28.3 Å². The van der Waals surface area contributed by atoms with Crippen LogP contribution in [0.4, 0.5) is 11.4 Å². The molecule has 0 unspecified atom stereocenters. The van der Waals surface area contributed by atoms with Crippen molar-refractivity contribution in [3.63, 3.8) is 0 Å². The predicted molar refractivity (Wildman–Crippen MR) is 80.3 cm³/mol. The molecule has 4 nitrogen and oxygen atoms in total. The van der Waals surface area contributed by atoms with E-state index in [-0.39, 0.29) is 0 Å². The van der Waals surface area contributed by atoms with E-state index in [0.29, 0.717) is 6.04 Å². The maximum Gasteiger partial charge on any atom is 0.0743 e. The molecular formula is C15H20N4. The quantitative estimate of drug-likeness (QED) is 0.866. The summed E-state index contributed by atoms with van der Waals surface area (Å²) in [5.74, 6) is 0. The van der Waals surface area contributed by atoms with Crippen LogP contribution in [0.1, 0.15) is 12.8 Å². The van der Waals surface area contributed by atoms with Crippen LogP contribution < -0.4 is 11.1 Å². The molecule has 1 aliphatic rings. The zero-order valence-electron chi connectivity index (χ0n) is 11.3. The van der Waals surface area contributed by atoms with E-state index < -0.39 is 0 Å². The molecule has 4 heteroatoms. The summed E-state index contributed by atoms with van der Waals surface area (Å²) in [6, 6.07) is 8.64. The number of piperidine rings is 1. The number of nitrogens with zero attached hydrogens (tertiary/aromatic N) is 2. The molecule has 3 N–H and O–H groups in total. The highest BCUT2D eigenvalue weighted by molar-refractivity contribution is 5.96. The van der Waals surface area contributed by atoms with E-state index in [1.807, 2.05) is 18.2 Å². The lowest BCUT2D eigenvalue weighted by Gasteiger charge is -2.30. The lowest BCUT2D eigenvalue weighted by molar-refractivity contribution is 0.264. The minimum absolute atomic E-state index is 0.504. The Kier molecular flexibility index (Phi) is 3.25. The van der Waals surface area contributed by atoms with Gasteiger partial charge in [0.1, 0.15) is 0 Å². The summed E-state index contributed by atoms with van der Waals surface area (Å²) in [5, 5.41) is 4.73. The fraction of sp³-hybridized carbons (Fsp3) is 0.400. The Balaban J connectivity index is 1.89. The van der Waals surface area contributed by atoms with Crippen molar-refractivity contribution >= 4 is 22.3 Å². The zero-order chi connectivity index (χ0) is 13.2. The number of aromatic nitrogens is 1. The Morgan fingerprint density at radius 2 is 2.00 bits per heavy atom. The van der Waals surface area contributed by atoms with E-state index in [1.165, 1.54) is 0 Å². The van der Waals surface area contributed by atoms with Gasteiger partial charge in [-0.3, -0.25) is 4.98 Å². The third-order valence-electron chi connectivity index (χ3n) is 3.87. The van der Waals surface area contributed by atoms with Gasteiger partial charge in [-0.15, -0.1) is 0 Å². The molecule has 1 aromatic heterocycles. The lowest BCUT2D eigenvalue weighted by atomic mass is 10.0. The Labute approximate surface area is 113 Å². The average molecular weight is 256 g/mol. The first-order valence-corrected chi connectivity index (χ1v) is 6.82. The normalized spacial score (nSPS) is 17.7. The Morgan fingerprint density at radius 3 is 2.79 bits per heavy atom. The molecule has 19 heavy (non-hydrogen) atoms. The molecule has 2 heterocycles. The number of benzene rings is 1. The van der Waals surface area contributed by atoms with E-state index >= 15 is 0 Å². The van der Waals surface area contributed by atoms with Gasteiger partial charge in [-0.2, -0.15) is 0 Å². The molecule has 100 valence electrons. The molecule has 0 aliphatic carbocycles. The average Bonchev–Trinajstić information content (AvgIpc) is 2.44. The summed E-state index contributed by atoms with van der Waals surface area (Å²) in [5.41, 5.74) is 8.86. The number of hydrogen-bond acceptors (Lipinski definition) is 4. The highest BCUT2D eigenvalue weighted by Gasteiger charge is 2.18. The summed E-state index contributed by atoms with van der Waals surface area (Å²) < 4.78 is 0. The Bertz CT molecular complexity index is 573. The molecule has 3 rings (SSSR count). The van der Waals surface area contributed by atoms with Crippen molar-refractivity contribution in [2.75, 3.05) is 31.2 Å². The van der Waals surface area contributed by atoms with Gasteiger partial charge < -0.3 is 16.0 Å². The summed E-state index contributed by atoms with van der Waals surface area (Å²) in [6.45, 7) is 2.28. The summed E-state index contributed by atoms with van der Waals surface area (Å²) >= 11 is 0. The van der Waals surface area contributed by atoms with Gasteiger partial charge in [0, 0.05) is 11.4 Å². The molecule has 2 aromatic rings. The van der Waals surface area contributed by atoms with Crippen LogP contribution >= 0.6 is 0 Å². The number of nitrogen functional groups attached to an aromatic ring is 1. The second kappa shape index (κ2) is 5.05. The number of fused-ring (bicyclic) bond motifs is 1. The number of rotatable bonds is 2. The Morgan fingerprint density at radius 1 is 1.26 bits per heavy atom. The van der Waals surface area contributed by atoms with Crippen molar-refractivity contribution in [1.29, 1.82) is 0 Å². The monoisotopic (exact) mass is 256 g/mol. The fourth-order valence-electron chi connectivity index (χ4n) is 2.67. The van der Waals surface area contributed by atoms with Crippen LogP contribution in [0.3, 0.4) is 0 Å². The number of pyridine rings is 1. The third kappa shape index (κ3) is 2.49. The number of hydrogen-bond donors (Lipinski definition) is 2. The van der Waals surface area contributed by atoms with Crippen molar-refractivity contribution in [2.24, 2.45) is 0 Å². The van der Waals surface area contributed by atoms with Crippen molar-refractivity contribution in [3.05, 3.63) is 30.5 Å². The van der Waals surface area contributed by atoms with Gasteiger partial charge in [-0.25, -0.2) is 0 Å². The largest absolute Gasteiger partial charge is 0.396 e. The first-order valence-electron chi connectivity index (χ1n) is 6.82. The van der Waals surface area contributed by atoms with Crippen LogP contribution in [0.5, 0.6) is 0 Å². The number of nitrogens with one attached hydrogen (secondary N) is 1. The third-order valence-corrected chi connectivity index (χ3v) is 3.87. The van der Waals surface area contributed by atoms with Gasteiger partial charge in [0.2, 0.25) is 0 Å². The molecule has 1 aliphatic heterocycles. The van der Waals surface area contributed by atoms with Crippen LogP contribution in [0.25, 0.3) is 10.9 Å². The smallest absolute Gasteiger partial charge is 0.0743 e. The van der Waals surface area contributed by atoms with Crippen LogP contribution in [-0.2, 0) is 0 Å². The molecule has 0 atom stereocenters. The summed E-state index contributed by atoms with van der Waals surface area (Å²) in [7, 11) is 2.17. The van der Waals surface area contributed by atoms with Crippen LogP contribution in [-0.4, -0.2) is 36.1 Å². The molecule has 0 amide bonds. The van der Waals surface area contributed by atoms with E-state index in [1.54, 1.807) is 6.20 Å². The number of nitrogens with two attached hydrogens (primary N) is 1. The van der Waals surface area contributed by atoms with E-state index in [4.69, 9.17) is 5.73 Å². The highest BCUT2D eigenvalue weighted by atomic mass is 15.1. The minimum atomic E-state index is 0.504. The van der Waals surface area contributed by atoms with Gasteiger partial charge in [-0.1, -0.05) is 18.2 Å². The van der Waals surface area contributed by atoms with Crippen LogP contribution in [0.15, 0.2) is 30.5 Å². The maximum atomic E-state index is 6.10.